The number of nitrogens with one attached hydrogen (secondary N) is 1. The van der Waals surface area contributed by atoms with Crippen molar-refractivity contribution >= 4 is 5.97 Å². The van der Waals surface area contributed by atoms with Crippen LogP contribution >= 0.6 is 0 Å². The molecule has 98 valence electrons. The molecule has 5 heteroatoms. The summed E-state index contributed by atoms with van der Waals surface area (Å²) in [5.41, 5.74) is 2.79. The Morgan fingerprint density at radius 1 is 1.21 bits per heavy atom. The van der Waals surface area contributed by atoms with Crippen molar-refractivity contribution in [1.82, 2.24) is 15.3 Å². The molecule has 0 amide bonds. The average molecular weight is 257 g/mol. The quantitative estimate of drug-likeness (QED) is 0.853. The van der Waals surface area contributed by atoms with Crippen molar-refractivity contribution in [2.45, 2.75) is 20.0 Å². The van der Waals surface area contributed by atoms with Gasteiger partial charge in [0.1, 0.15) is 0 Å². The van der Waals surface area contributed by atoms with Crippen LogP contribution in [0.3, 0.4) is 0 Å². The number of nitrogens with zero attached hydrogens (tertiary/aromatic N) is 2. The third-order valence-corrected chi connectivity index (χ3v) is 2.70. The summed E-state index contributed by atoms with van der Waals surface area (Å²) in [5, 5.41) is 12.2. The maximum absolute atomic E-state index is 11.0. The number of carboxylic acid groups (broad SMARTS) is 1. The van der Waals surface area contributed by atoms with Crippen molar-refractivity contribution in [1.29, 1.82) is 0 Å². The highest BCUT2D eigenvalue weighted by atomic mass is 16.4. The largest absolute Gasteiger partial charge is 0.478 e. The van der Waals surface area contributed by atoms with Crippen LogP contribution in [0, 0.1) is 6.92 Å². The van der Waals surface area contributed by atoms with Crippen LogP contribution in [0.2, 0.25) is 0 Å². The van der Waals surface area contributed by atoms with Gasteiger partial charge in [0.15, 0.2) is 0 Å². The lowest BCUT2D eigenvalue weighted by Crippen LogP contribution is -2.16. The monoisotopic (exact) mass is 257 g/mol. The Balaban J connectivity index is 1.96. The molecule has 0 aliphatic carbocycles. The third-order valence-electron chi connectivity index (χ3n) is 2.70. The molecule has 1 aromatic carbocycles. The summed E-state index contributed by atoms with van der Waals surface area (Å²) in [5.74, 6) is -0.910. The number of carboxylic acids is 1. The van der Waals surface area contributed by atoms with E-state index in [1.54, 1.807) is 30.6 Å². The Bertz CT molecular complexity index is 567. The molecule has 2 rings (SSSR count). The number of aromatic carboxylic acids is 1. The summed E-state index contributed by atoms with van der Waals surface area (Å²) in [4.78, 5) is 19.4. The second-order valence-electron chi connectivity index (χ2n) is 4.21. The van der Waals surface area contributed by atoms with Gasteiger partial charge in [0.2, 0.25) is 0 Å². The van der Waals surface area contributed by atoms with Gasteiger partial charge in [0.25, 0.3) is 0 Å². The first-order valence-electron chi connectivity index (χ1n) is 5.96. The van der Waals surface area contributed by atoms with Crippen molar-refractivity contribution in [3.8, 4) is 0 Å². The molecule has 0 atom stereocenters. The van der Waals surface area contributed by atoms with Gasteiger partial charge >= 0.3 is 5.97 Å². The number of rotatable bonds is 5. The molecule has 5 nitrogen and oxygen atoms in total. The summed E-state index contributed by atoms with van der Waals surface area (Å²) in [6.07, 6.45) is 3.42. The molecule has 1 heterocycles. The van der Waals surface area contributed by atoms with E-state index in [0.29, 0.717) is 18.7 Å². The Hall–Kier alpha value is -2.27. The summed E-state index contributed by atoms with van der Waals surface area (Å²) in [6, 6.07) is 6.95. The van der Waals surface area contributed by atoms with Crippen LogP contribution in [0.5, 0.6) is 0 Å². The number of aromatic nitrogens is 2. The van der Waals surface area contributed by atoms with Gasteiger partial charge in [-0.2, -0.15) is 0 Å². The van der Waals surface area contributed by atoms with Gasteiger partial charge < -0.3 is 10.4 Å². The van der Waals surface area contributed by atoms with E-state index in [1.165, 1.54) is 0 Å². The summed E-state index contributed by atoms with van der Waals surface area (Å²) < 4.78 is 0. The second kappa shape index (κ2) is 6.06. The fourth-order valence-electron chi connectivity index (χ4n) is 1.72. The molecule has 1 aromatic heterocycles. The first kappa shape index (κ1) is 13.2. The van der Waals surface area contributed by atoms with Gasteiger partial charge in [0, 0.05) is 25.5 Å². The van der Waals surface area contributed by atoms with Crippen LogP contribution in [0.15, 0.2) is 36.7 Å². The molecule has 0 saturated heterocycles. The molecule has 2 N–H and O–H groups in total. The van der Waals surface area contributed by atoms with Crippen molar-refractivity contribution in [2.24, 2.45) is 0 Å². The Morgan fingerprint density at radius 3 is 2.68 bits per heavy atom. The van der Waals surface area contributed by atoms with E-state index in [4.69, 9.17) is 5.11 Å². The molecule has 0 aliphatic heterocycles. The van der Waals surface area contributed by atoms with Gasteiger partial charge in [-0.15, -0.1) is 0 Å². The first-order chi connectivity index (χ1) is 9.16. The normalized spacial score (nSPS) is 10.4. The number of hydrogen-bond donors (Lipinski definition) is 2. The SMILES string of the molecule is Cc1cnc(CNCc2ccccc2C(=O)O)cn1. The molecule has 0 saturated carbocycles. The standard InChI is InChI=1S/C14H15N3O2/c1-10-6-17-12(9-16-10)8-15-7-11-4-2-3-5-13(11)14(18)19/h2-6,9,15H,7-8H2,1H3,(H,18,19). The fourth-order valence-corrected chi connectivity index (χ4v) is 1.72. The number of hydrogen-bond acceptors (Lipinski definition) is 4. The smallest absolute Gasteiger partial charge is 0.336 e. The summed E-state index contributed by atoms with van der Waals surface area (Å²) in [6.45, 7) is 2.92. The van der Waals surface area contributed by atoms with Crippen molar-refractivity contribution in [3.63, 3.8) is 0 Å². The zero-order valence-electron chi connectivity index (χ0n) is 10.6. The van der Waals surface area contributed by atoms with Crippen molar-refractivity contribution < 1.29 is 9.90 Å². The van der Waals surface area contributed by atoms with Crippen LogP contribution in [0.4, 0.5) is 0 Å². The number of carbonyl (C=O) groups is 1. The Labute approximate surface area is 111 Å². The zero-order valence-corrected chi connectivity index (χ0v) is 10.6. The van der Waals surface area contributed by atoms with Crippen LogP contribution in [0.25, 0.3) is 0 Å². The van der Waals surface area contributed by atoms with E-state index in [2.05, 4.69) is 15.3 Å². The van der Waals surface area contributed by atoms with E-state index in [9.17, 15) is 4.79 Å². The highest BCUT2D eigenvalue weighted by Crippen LogP contribution is 2.08. The van der Waals surface area contributed by atoms with Crippen LogP contribution < -0.4 is 5.32 Å². The topological polar surface area (TPSA) is 75.1 Å². The molecule has 0 aliphatic rings. The van der Waals surface area contributed by atoms with E-state index in [-0.39, 0.29) is 0 Å². The minimum Gasteiger partial charge on any atom is -0.478 e. The Morgan fingerprint density at radius 2 is 2.00 bits per heavy atom. The molecule has 19 heavy (non-hydrogen) atoms. The Kier molecular flexibility index (Phi) is 4.20. The van der Waals surface area contributed by atoms with Gasteiger partial charge in [-0.25, -0.2) is 4.79 Å². The molecule has 0 bridgehead atoms. The maximum Gasteiger partial charge on any atom is 0.336 e. The minimum absolute atomic E-state index is 0.324. The summed E-state index contributed by atoms with van der Waals surface area (Å²) >= 11 is 0. The van der Waals surface area contributed by atoms with Crippen LogP contribution in [0.1, 0.15) is 27.3 Å². The lowest BCUT2D eigenvalue weighted by Gasteiger charge is -2.07. The molecule has 0 radical (unpaired) electrons. The predicted octanol–water partition coefficient (Wildman–Crippen LogP) is 1.77. The van der Waals surface area contributed by atoms with E-state index in [1.807, 2.05) is 13.0 Å². The molecule has 2 aromatic rings. The van der Waals surface area contributed by atoms with E-state index < -0.39 is 5.97 Å². The van der Waals surface area contributed by atoms with E-state index in [0.717, 1.165) is 17.0 Å². The lowest BCUT2D eigenvalue weighted by molar-refractivity contribution is 0.0695. The van der Waals surface area contributed by atoms with E-state index >= 15 is 0 Å². The first-order valence-corrected chi connectivity index (χ1v) is 5.96. The highest BCUT2D eigenvalue weighted by molar-refractivity contribution is 5.89. The second-order valence-corrected chi connectivity index (χ2v) is 4.21. The van der Waals surface area contributed by atoms with Gasteiger partial charge in [-0.05, 0) is 18.6 Å². The van der Waals surface area contributed by atoms with Crippen LogP contribution in [-0.2, 0) is 13.1 Å². The number of benzene rings is 1. The third kappa shape index (κ3) is 3.59. The zero-order chi connectivity index (χ0) is 13.7. The van der Waals surface area contributed by atoms with Gasteiger partial charge in [0.05, 0.1) is 17.0 Å². The molecular formula is C14H15N3O2. The van der Waals surface area contributed by atoms with Gasteiger partial charge in [-0.1, -0.05) is 18.2 Å². The lowest BCUT2D eigenvalue weighted by atomic mass is 10.1. The van der Waals surface area contributed by atoms with Crippen molar-refractivity contribution in [3.05, 3.63) is 59.2 Å². The molecule has 0 spiro atoms. The highest BCUT2D eigenvalue weighted by Gasteiger charge is 2.08. The van der Waals surface area contributed by atoms with Crippen LogP contribution in [-0.4, -0.2) is 21.0 Å². The summed E-state index contributed by atoms with van der Waals surface area (Å²) in [7, 11) is 0. The number of aryl methyl sites for hydroxylation is 1. The van der Waals surface area contributed by atoms with Crippen molar-refractivity contribution in [2.75, 3.05) is 0 Å². The fraction of sp³-hybridized carbons (Fsp3) is 0.214. The molecule has 0 unspecified atom stereocenters. The molecule has 0 fully saturated rings. The minimum atomic E-state index is -0.910. The van der Waals surface area contributed by atoms with Gasteiger partial charge in [-0.3, -0.25) is 9.97 Å². The molecular weight excluding hydrogens is 242 g/mol. The predicted molar refractivity (Wildman–Crippen MR) is 70.7 cm³/mol. The maximum atomic E-state index is 11.0. The average Bonchev–Trinajstić information content (AvgIpc) is 2.41.